The maximum absolute atomic E-state index is 12.3. The predicted molar refractivity (Wildman–Crippen MR) is 100 cm³/mol. The van der Waals surface area contributed by atoms with Gasteiger partial charge < -0.3 is 19.8 Å². The van der Waals surface area contributed by atoms with Gasteiger partial charge in [0.2, 0.25) is 5.91 Å². The van der Waals surface area contributed by atoms with Gasteiger partial charge in [-0.05, 0) is 73.8 Å². The van der Waals surface area contributed by atoms with E-state index in [1.54, 1.807) is 11.3 Å². The average molecular weight is 384 g/mol. The molecule has 0 aliphatic carbocycles. The van der Waals surface area contributed by atoms with E-state index >= 15 is 0 Å². The smallest absolute Gasteiger partial charge is 0.450 e. The van der Waals surface area contributed by atoms with Gasteiger partial charge in [0.1, 0.15) is 0 Å². The maximum atomic E-state index is 12.3. The molecular weight excluding hydrogens is 354 g/mol. The van der Waals surface area contributed by atoms with Crippen LogP contribution in [0.25, 0.3) is 0 Å². The molecule has 2 N–H and O–H groups in total. The second-order valence-electron chi connectivity index (χ2n) is 6.88. The van der Waals surface area contributed by atoms with Crippen molar-refractivity contribution in [3.63, 3.8) is 0 Å². The number of hydrogen-bond acceptors (Lipinski definition) is 5. The quantitative estimate of drug-likeness (QED) is 0.450. The molecule has 1 saturated heterocycles. The third-order valence-electron chi connectivity index (χ3n) is 4.84. The summed E-state index contributed by atoms with van der Waals surface area (Å²) < 4.78 is 4.49. The fourth-order valence-corrected chi connectivity index (χ4v) is 4.17. The summed E-state index contributed by atoms with van der Waals surface area (Å²) in [4.78, 5) is 24.5. The molecule has 1 aromatic rings. The van der Waals surface area contributed by atoms with Crippen LogP contribution in [0.3, 0.4) is 0 Å². The Labute approximate surface area is 158 Å². The van der Waals surface area contributed by atoms with Crippen LogP contribution in [0.5, 0.6) is 0 Å². The number of carbonyl (C=O) groups excluding carboxylic acids is 1. The molecular formula is C19H29NO5S. The molecule has 7 heteroatoms. The first-order chi connectivity index (χ1) is 12.6. The van der Waals surface area contributed by atoms with Crippen molar-refractivity contribution in [2.24, 2.45) is 0 Å². The predicted octanol–water partition coefficient (Wildman–Crippen LogP) is 3.68. The summed E-state index contributed by atoms with van der Waals surface area (Å²) in [5, 5.41) is 22.8. The van der Waals surface area contributed by atoms with Gasteiger partial charge in [-0.2, -0.15) is 11.3 Å². The lowest BCUT2D eigenvalue weighted by Gasteiger charge is -2.36. The van der Waals surface area contributed by atoms with Crippen molar-refractivity contribution in [2.45, 2.75) is 69.9 Å². The molecule has 2 rings (SSSR count). The van der Waals surface area contributed by atoms with Gasteiger partial charge in [0.15, 0.2) is 0 Å². The van der Waals surface area contributed by atoms with E-state index in [-0.39, 0.29) is 24.7 Å². The second-order valence-corrected chi connectivity index (χ2v) is 7.66. The highest BCUT2D eigenvalue weighted by atomic mass is 32.1. The molecule has 1 fully saturated rings. The van der Waals surface area contributed by atoms with Gasteiger partial charge in [0, 0.05) is 19.0 Å². The van der Waals surface area contributed by atoms with Gasteiger partial charge in [-0.15, -0.1) is 0 Å². The van der Waals surface area contributed by atoms with Gasteiger partial charge in [-0.3, -0.25) is 4.79 Å². The summed E-state index contributed by atoms with van der Waals surface area (Å²) in [6, 6.07) is 2.25. The number of aliphatic hydroxyl groups is 1. The van der Waals surface area contributed by atoms with Gasteiger partial charge in [0.25, 0.3) is 0 Å². The summed E-state index contributed by atoms with van der Waals surface area (Å²) in [5.41, 5.74) is 1.17. The highest BCUT2D eigenvalue weighted by molar-refractivity contribution is 7.07. The number of nitrogens with zero attached hydrogens (tertiary/aromatic N) is 1. The molecule has 26 heavy (non-hydrogen) atoms. The summed E-state index contributed by atoms with van der Waals surface area (Å²) in [5.74, 6) is 0.204. The van der Waals surface area contributed by atoms with E-state index < -0.39 is 6.16 Å². The van der Waals surface area contributed by atoms with Crippen molar-refractivity contribution in [3.8, 4) is 0 Å². The molecule has 1 amide bonds. The fraction of sp³-hybridized carbons (Fsp3) is 0.684. The number of thiophene rings is 1. The molecule has 0 saturated carbocycles. The molecule has 146 valence electrons. The minimum atomic E-state index is -1.24. The molecule has 0 radical (unpaired) electrons. The first-order valence-electron chi connectivity index (χ1n) is 9.40. The Morgan fingerprint density at radius 2 is 2.23 bits per heavy atom. The zero-order chi connectivity index (χ0) is 18.8. The van der Waals surface area contributed by atoms with Crippen LogP contribution in [-0.2, 0) is 16.0 Å². The minimum absolute atomic E-state index is 0.204. The number of aliphatic hydroxyl groups excluding tert-OH is 1. The van der Waals surface area contributed by atoms with Crippen molar-refractivity contribution < 1.29 is 24.5 Å². The molecule has 1 aliphatic rings. The zero-order valence-corrected chi connectivity index (χ0v) is 16.0. The zero-order valence-electron chi connectivity index (χ0n) is 15.1. The molecule has 1 unspecified atom stereocenters. The Kier molecular flexibility index (Phi) is 8.91. The van der Waals surface area contributed by atoms with Crippen molar-refractivity contribution in [3.05, 3.63) is 22.4 Å². The van der Waals surface area contributed by atoms with E-state index in [1.807, 2.05) is 16.3 Å². The molecule has 0 aromatic carbocycles. The van der Waals surface area contributed by atoms with Crippen molar-refractivity contribution in [2.75, 3.05) is 13.2 Å². The first-order valence-corrected chi connectivity index (χ1v) is 10.3. The first kappa shape index (κ1) is 20.7. The van der Waals surface area contributed by atoms with E-state index in [2.05, 4.69) is 10.1 Å². The van der Waals surface area contributed by atoms with Crippen molar-refractivity contribution >= 4 is 23.4 Å². The molecule has 6 nitrogen and oxygen atoms in total. The standard InChI is InChI=1S/C19H29NO5S/c21-17(13-15-9-12-26-14-15)8-7-16-5-4-6-18(22)20(16)10-2-1-3-11-25-19(23)24/h9,12,14,16-17,21H,1-8,10-11,13H2,(H,23,24)/t16-,17?/m1/s1. The van der Waals surface area contributed by atoms with E-state index in [1.165, 1.54) is 5.56 Å². The summed E-state index contributed by atoms with van der Waals surface area (Å²) in [6.45, 7) is 0.915. The SMILES string of the molecule is O=C(O)OCCCCCN1C(=O)CCC[C@@H]1CCC(O)Cc1ccsc1. The third kappa shape index (κ3) is 7.33. The average Bonchev–Trinajstić information content (AvgIpc) is 3.10. The molecule has 1 aliphatic heterocycles. The Morgan fingerprint density at radius 3 is 2.96 bits per heavy atom. The summed E-state index contributed by atoms with van der Waals surface area (Å²) in [6.07, 6.45) is 5.51. The molecule has 0 spiro atoms. The fourth-order valence-electron chi connectivity index (χ4n) is 3.49. The van der Waals surface area contributed by atoms with Gasteiger partial charge >= 0.3 is 6.16 Å². The van der Waals surface area contributed by atoms with Gasteiger partial charge in [-0.25, -0.2) is 4.79 Å². The summed E-state index contributed by atoms with van der Waals surface area (Å²) in [7, 11) is 0. The Balaban J connectivity index is 1.70. The van der Waals surface area contributed by atoms with Crippen molar-refractivity contribution in [1.82, 2.24) is 4.90 Å². The number of hydrogen-bond donors (Lipinski definition) is 2. The molecule has 1 aromatic heterocycles. The van der Waals surface area contributed by atoms with Crippen LogP contribution < -0.4 is 0 Å². The molecule has 0 bridgehead atoms. The van der Waals surface area contributed by atoms with E-state index in [9.17, 15) is 14.7 Å². The number of rotatable bonds is 11. The van der Waals surface area contributed by atoms with Crippen LogP contribution in [0.15, 0.2) is 16.8 Å². The number of piperidine rings is 1. The van der Waals surface area contributed by atoms with Crippen LogP contribution in [0.1, 0.15) is 56.9 Å². The summed E-state index contributed by atoms with van der Waals surface area (Å²) >= 11 is 1.64. The van der Waals surface area contributed by atoms with Crippen LogP contribution in [-0.4, -0.2) is 52.5 Å². The topological polar surface area (TPSA) is 87.1 Å². The lowest BCUT2D eigenvalue weighted by Crippen LogP contribution is -2.44. The molecule has 2 heterocycles. The highest BCUT2D eigenvalue weighted by Crippen LogP contribution is 2.24. The van der Waals surface area contributed by atoms with Crippen molar-refractivity contribution in [1.29, 1.82) is 0 Å². The van der Waals surface area contributed by atoms with Crippen LogP contribution in [0.2, 0.25) is 0 Å². The number of ether oxygens (including phenoxy) is 1. The number of likely N-dealkylation sites (tertiary alicyclic amines) is 1. The third-order valence-corrected chi connectivity index (χ3v) is 5.57. The number of carbonyl (C=O) groups is 2. The minimum Gasteiger partial charge on any atom is -0.450 e. The lowest BCUT2D eigenvalue weighted by atomic mass is 9.94. The van der Waals surface area contributed by atoms with Crippen LogP contribution in [0.4, 0.5) is 4.79 Å². The molecule has 2 atom stereocenters. The number of amides is 1. The van der Waals surface area contributed by atoms with E-state index in [4.69, 9.17) is 5.11 Å². The van der Waals surface area contributed by atoms with Gasteiger partial charge in [0.05, 0.1) is 12.7 Å². The number of unbranched alkanes of at least 4 members (excludes halogenated alkanes) is 2. The Hall–Kier alpha value is -1.60. The Morgan fingerprint density at radius 1 is 1.38 bits per heavy atom. The second kappa shape index (κ2) is 11.2. The van der Waals surface area contributed by atoms with Gasteiger partial charge in [-0.1, -0.05) is 0 Å². The van der Waals surface area contributed by atoms with Crippen LogP contribution in [0, 0.1) is 0 Å². The van der Waals surface area contributed by atoms with Crippen LogP contribution >= 0.6 is 11.3 Å². The normalized spacial score (nSPS) is 18.7. The maximum Gasteiger partial charge on any atom is 0.505 e. The van der Waals surface area contributed by atoms with E-state index in [0.29, 0.717) is 32.2 Å². The monoisotopic (exact) mass is 383 g/mol. The number of carboxylic acid groups (broad SMARTS) is 1. The van der Waals surface area contributed by atoms with E-state index in [0.717, 1.165) is 32.1 Å². The lowest BCUT2D eigenvalue weighted by molar-refractivity contribution is -0.136. The Bertz CT molecular complexity index is 548. The largest absolute Gasteiger partial charge is 0.505 e. The highest BCUT2D eigenvalue weighted by Gasteiger charge is 2.27.